The summed E-state index contributed by atoms with van der Waals surface area (Å²) in [5, 5.41) is 0.460. The van der Waals surface area contributed by atoms with E-state index in [1.807, 2.05) is 6.92 Å². The second-order valence-corrected chi connectivity index (χ2v) is 7.79. The van der Waals surface area contributed by atoms with E-state index < -0.39 is 14.1 Å². The summed E-state index contributed by atoms with van der Waals surface area (Å²) in [4.78, 5) is -2.35. The van der Waals surface area contributed by atoms with Crippen LogP contribution in [0.1, 0.15) is 13.3 Å². The number of alkyl halides is 4. The smallest absolute Gasteiger partial charge is 0.166 e. The standard InChI is InChI=1S/C10H10Cl6O/c1-4(17-2)5-3-8(13)6(11)7(12)9(5,14)10(8,15)16/h4-5H,3H2,1-2H3/t4-,5+,8+,9-/m0/s1. The number of ether oxygens (including phenoxy) is 1. The molecule has 0 spiro atoms. The topological polar surface area (TPSA) is 9.23 Å². The van der Waals surface area contributed by atoms with Crippen molar-refractivity contribution in [3.8, 4) is 0 Å². The molecule has 0 amide bonds. The maximum Gasteiger partial charge on any atom is 0.166 e. The Labute approximate surface area is 130 Å². The van der Waals surface area contributed by atoms with Crippen molar-refractivity contribution in [1.29, 1.82) is 0 Å². The van der Waals surface area contributed by atoms with Crippen LogP contribution in [0.25, 0.3) is 0 Å². The Kier molecular flexibility index (Phi) is 3.68. The molecular formula is C10H10Cl6O. The summed E-state index contributed by atoms with van der Waals surface area (Å²) in [6, 6.07) is 0. The van der Waals surface area contributed by atoms with Crippen molar-refractivity contribution in [3.63, 3.8) is 0 Å². The molecule has 98 valence electrons. The van der Waals surface area contributed by atoms with E-state index in [4.69, 9.17) is 74.3 Å². The van der Waals surface area contributed by atoms with Gasteiger partial charge in [-0.3, -0.25) is 0 Å². The summed E-state index contributed by atoms with van der Waals surface area (Å²) in [5.74, 6) is -0.198. The molecule has 2 bridgehead atoms. The number of rotatable bonds is 2. The summed E-state index contributed by atoms with van der Waals surface area (Å²) in [6.07, 6.45) is 0.248. The van der Waals surface area contributed by atoms with Gasteiger partial charge < -0.3 is 4.74 Å². The Morgan fingerprint density at radius 3 is 2.06 bits per heavy atom. The minimum atomic E-state index is -1.45. The molecule has 0 aromatic carbocycles. The molecule has 0 radical (unpaired) electrons. The molecule has 0 aromatic heterocycles. The van der Waals surface area contributed by atoms with Crippen LogP contribution in [0.2, 0.25) is 0 Å². The Bertz CT molecular complexity index is 394. The van der Waals surface area contributed by atoms with E-state index in [1.165, 1.54) is 0 Å². The summed E-state index contributed by atoms with van der Waals surface area (Å²) in [7, 11) is 1.58. The lowest BCUT2D eigenvalue weighted by atomic mass is 9.88. The van der Waals surface area contributed by atoms with Gasteiger partial charge in [-0.05, 0) is 13.3 Å². The summed E-state index contributed by atoms with van der Waals surface area (Å²) in [5.41, 5.74) is 0. The number of allylic oxidation sites excluding steroid dienone is 2. The fourth-order valence-corrected chi connectivity index (χ4v) is 5.49. The van der Waals surface area contributed by atoms with Crippen molar-refractivity contribution < 1.29 is 4.74 Å². The zero-order valence-corrected chi connectivity index (χ0v) is 13.6. The van der Waals surface area contributed by atoms with E-state index in [-0.39, 0.29) is 22.1 Å². The van der Waals surface area contributed by atoms with Crippen molar-refractivity contribution in [1.82, 2.24) is 0 Å². The summed E-state index contributed by atoms with van der Waals surface area (Å²) < 4.78 is 3.84. The van der Waals surface area contributed by atoms with Crippen LogP contribution in [0.3, 0.4) is 0 Å². The van der Waals surface area contributed by atoms with Crippen LogP contribution in [0.4, 0.5) is 0 Å². The zero-order valence-electron chi connectivity index (χ0n) is 9.04. The maximum absolute atomic E-state index is 6.56. The molecular weight excluding hydrogens is 349 g/mol. The van der Waals surface area contributed by atoms with Gasteiger partial charge in [0.05, 0.1) is 16.2 Å². The van der Waals surface area contributed by atoms with Crippen molar-refractivity contribution in [2.75, 3.05) is 7.11 Å². The van der Waals surface area contributed by atoms with Gasteiger partial charge in [-0.2, -0.15) is 0 Å². The van der Waals surface area contributed by atoms with E-state index >= 15 is 0 Å². The average Bonchev–Trinajstić information content (AvgIpc) is 2.49. The first-order valence-electron chi connectivity index (χ1n) is 4.99. The van der Waals surface area contributed by atoms with Gasteiger partial charge in [0, 0.05) is 13.0 Å². The predicted molar refractivity (Wildman–Crippen MR) is 74.9 cm³/mol. The molecule has 0 unspecified atom stereocenters. The van der Waals surface area contributed by atoms with E-state index in [9.17, 15) is 0 Å². The molecule has 7 heteroatoms. The lowest BCUT2D eigenvalue weighted by Gasteiger charge is -2.36. The second-order valence-electron chi connectivity index (χ2n) is 4.47. The summed E-state index contributed by atoms with van der Waals surface area (Å²) >= 11 is 38.0. The monoisotopic (exact) mass is 356 g/mol. The molecule has 0 aliphatic heterocycles. The Balaban J connectivity index is 2.58. The molecule has 0 heterocycles. The third-order valence-electron chi connectivity index (χ3n) is 3.77. The molecule has 2 aliphatic rings. The molecule has 1 fully saturated rings. The zero-order chi connectivity index (χ0) is 13.2. The second kappa shape index (κ2) is 4.22. The van der Waals surface area contributed by atoms with Gasteiger partial charge in [-0.15, -0.1) is 23.2 Å². The fourth-order valence-electron chi connectivity index (χ4n) is 2.61. The van der Waals surface area contributed by atoms with Gasteiger partial charge in [0.1, 0.15) is 9.75 Å². The number of halogens is 6. The minimum Gasteiger partial charge on any atom is -0.381 e. The number of methoxy groups -OCH3 is 1. The Hall–Kier alpha value is 1.44. The number of hydrogen-bond acceptors (Lipinski definition) is 1. The fraction of sp³-hybridized carbons (Fsp3) is 0.800. The highest BCUT2D eigenvalue weighted by Gasteiger charge is 2.78. The van der Waals surface area contributed by atoms with Crippen LogP contribution in [0.15, 0.2) is 10.1 Å². The molecule has 1 saturated carbocycles. The first-order valence-corrected chi connectivity index (χ1v) is 7.26. The third-order valence-corrected chi connectivity index (χ3v) is 8.06. The molecule has 0 aromatic rings. The SMILES string of the molecule is CO[C@@H](C)[C@H]1C[C@@]2(Cl)C(Cl)=C(Cl)[C@]1(Cl)C2(Cl)Cl. The van der Waals surface area contributed by atoms with Gasteiger partial charge in [-0.1, -0.05) is 46.4 Å². The largest absolute Gasteiger partial charge is 0.381 e. The number of fused-ring (bicyclic) bond motifs is 2. The highest BCUT2D eigenvalue weighted by molar-refractivity contribution is 6.65. The maximum atomic E-state index is 6.56. The predicted octanol–water partition coefficient (Wildman–Crippen LogP) is 4.87. The van der Waals surface area contributed by atoms with Crippen LogP contribution in [-0.4, -0.2) is 27.3 Å². The molecule has 0 saturated heterocycles. The minimum absolute atomic E-state index is 0.177. The molecule has 0 N–H and O–H groups in total. The molecule has 1 nitrogen and oxygen atoms in total. The third kappa shape index (κ3) is 1.51. The van der Waals surface area contributed by atoms with E-state index in [0.717, 1.165) is 0 Å². The average molecular weight is 359 g/mol. The molecule has 2 aliphatic carbocycles. The van der Waals surface area contributed by atoms with E-state index in [0.29, 0.717) is 6.42 Å². The summed E-state index contributed by atoms with van der Waals surface area (Å²) in [6.45, 7) is 1.87. The van der Waals surface area contributed by atoms with Crippen molar-refractivity contribution in [2.45, 2.75) is 33.5 Å². The van der Waals surface area contributed by atoms with Gasteiger partial charge in [0.25, 0.3) is 0 Å². The molecule has 17 heavy (non-hydrogen) atoms. The van der Waals surface area contributed by atoms with Crippen LogP contribution in [-0.2, 0) is 4.74 Å². The van der Waals surface area contributed by atoms with Crippen LogP contribution in [0, 0.1) is 5.92 Å². The van der Waals surface area contributed by atoms with Crippen LogP contribution in [0.5, 0.6) is 0 Å². The van der Waals surface area contributed by atoms with Crippen LogP contribution < -0.4 is 0 Å². The highest BCUT2D eigenvalue weighted by atomic mass is 35.5. The lowest BCUT2D eigenvalue weighted by molar-refractivity contribution is 0.0601. The van der Waals surface area contributed by atoms with Gasteiger partial charge >= 0.3 is 0 Å². The van der Waals surface area contributed by atoms with E-state index in [2.05, 4.69) is 0 Å². The highest BCUT2D eigenvalue weighted by Crippen LogP contribution is 2.74. The van der Waals surface area contributed by atoms with Gasteiger partial charge in [-0.25, -0.2) is 0 Å². The number of hydrogen-bond donors (Lipinski definition) is 0. The lowest BCUT2D eigenvalue weighted by Crippen LogP contribution is -2.46. The first-order chi connectivity index (χ1) is 7.64. The van der Waals surface area contributed by atoms with Crippen molar-refractivity contribution in [3.05, 3.63) is 10.1 Å². The van der Waals surface area contributed by atoms with E-state index in [1.54, 1.807) is 7.11 Å². The molecule has 4 atom stereocenters. The van der Waals surface area contributed by atoms with Crippen molar-refractivity contribution >= 4 is 69.6 Å². The van der Waals surface area contributed by atoms with Crippen LogP contribution >= 0.6 is 69.6 Å². The Morgan fingerprint density at radius 1 is 1.18 bits per heavy atom. The normalized spacial score (nSPS) is 45.5. The Morgan fingerprint density at radius 2 is 1.71 bits per heavy atom. The van der Waals surface area contributed by atoms with Gasteiger partial charge in [0.2, 0.25) is 0 Å². The first kappa shape index (κ1) is 14.8. The van der Waals surface area contributed by atoms with Gasteiger partial charge in [0.15, 0.2) is 4.33 Å². The van der Waals surface area contributed by atoms with Crippen molar-refractivity contribution in [2.24, 2.45) is 5.92 Å². The quantitative estimate of drug-likeness (QED) is 0.640. The molecule has 2 rings (SSSR count).